The molecule has 3 fully saturated rings. The lowest BCUT2D eigenvalue weighted by Gasteiger charge is -2.45. The van der Waals surface area contributed by atoms with E-state index in [-0.39, 0.29) is 29.2 Å². The summed E-state index contributed by atoms with van der Waals surface area (Å²) in [4.78, 5) is 28.9. The molecule has 2 unspecified atom stereocenters. The number of nitrogens with one attached hydrogen (secondary N) is 1. The molecule has 0 radical (unpaired) electrons. The molecule has 2 bridgehead atoms. The van der Waals surface area contributed by atoms with E-state index in [1.807, 2.05) is 0 Å². The summed E-state index contributed by atoms with van der Waals surface area (Å²) in [5.74, 6) is 0.553. The lowest BCUT2D eigenvalue weighted by Crippen LogP contribution is -2.57. The normalized spacial score (nSPS) is 29.8. The van der Waals surface area contributed by atoms with Crippen molar-refractivity contribution in [1.82, 2.24) is 10.2 Å². The number of methoxy groups -OCH3 is 1. The van der Waals surface area contributed by atoms with Crippen LogP contribution in [0.2, 0.25) is 0 Å². The predicted octanol–water partition coefficient (Wildman–Crippen LogP) is 1.44. The van der Waals surface area contributed by atoms with Gasteiger partial charge in [0.1, 0.15) is 11.3 Å². The van der Waals surface area contributed by atoms with Gasteiger partial charge in [0.25, 0.3) is 17.4 Å². The molecule has 4 aliphatic rings. The molecule has 4 heterocycles. The molecule has 0 aromatic heterocycles. The van der Waals surface area contributed by atoms with Gasteiger partial charge in [-0.2, -0.15) is 0 Å². The van der Waals surface area contributed by atoms with Gasteiger partial charge in [-0.15, -0.1) is 0 Å². The standard InChI is InChI=1S/C18H22ClN3O4/c1-21-12-3-4-13(25-2)14(15(12)26-16(19)18(21)24)17(23)20-11-9-22-7-5-10(11)6-8-22/h3-4,10-11,16H,5-9H2,1-2H3,(H,20,23). The fraction of sp³-hybridized carbons (Fsp3) is 0.556. The molecule has 1 aromatic carbocycles. The van der Waals surface area contributed by atoms with Gasteiger partial charge >= 0.3 is 0 Å². The van der Waals surface area contributed by atoms with Crippen molar-refractivity contribution < 1.29 is 19.1 Å². The first-order chi connectivity index (χ1) is 12.5. The van der Waals surface area contributed by atoms with E-state index < -0.39 is 5.56 Å². The second-order valence-electron chi connectivity index (χ2n) is 7.04. The van der Waals surface area contributed by atoms with E-state index in [0.717, 1.165) is 32.5 Å². The summed E-state index contributed by atoms with van der Waals surface area (Å²) in [6.45, 7) is 3.07. The number of alkyl halides is 1. The van der Waals surface area contributed by atoms with Crippen LogP contribution in [-0.2, 0) is 4.79 Å². The van der Waals surface area contributed by atoms with Crippen molar-refractivity contribution in [1.29, 1.82) is 0 Å². The highest BCUT2D eigenvalue weighted by Gasteiger charge is 2.38. The van der Waals surface area contributed by atoms with Gasteiger partial charge < -0.3 is 24.6 Å². The van der Waals surface area contributed by atoms with E-state index in [4.69, 9.17) is 21.1 Å². The summed E-state index contributed by atoms with van der Waals surface area (Å²) < 4.78 is 11.0. The summed E-state index contributed by atoms with van der Waals surface area (Å²) in [6, 6.07) is 3.48. The molecular weight excluding hydrogens is 358 g/mol. The van der Waals surface area contributed by atoms with E-state index in [1.165, 1.54) is 12.0 Å². The number of hydrogen-bond donors (Lipinski definition) is 1. The second kappa shape index (κ2) is 6.63. The Kier molecular flexibility index (Phi) is 4.44. The third-order valence-electron chi connectivity index (χ3n) is 5.63. The fourth-order valence-corrected chi connectivity index (χ4v) is 4.35. The largest absolute Gasteiger partial charge is 0.496 e. The number of fused-ring (bicyclic) bond motifs is 4. The molecule has 1 aromatic rings. The van der Waals surface area contributed by atoms with Gasteiger partial charge in [-0.3, -0.25) is 9.59 Å². The van der Waals surface area contributed by atoms with Crippen molar-refractivity contribution in [2.75, 3.05) is 38.7 Å². The van der Waals surface area contributed by atoms with Crippen molar-refractivity contribution in [3.63, 3.8) is 0 Å². The monoisotopic (exact) mass is 379 g/mol. The molecule has 2 amide bonds. The molecule has 0 spiro atoms. The maximum Gasteiger partial charge on any atom is 0.283 e. The van der Waals surface area contributed by atoms with Crippen molar-refractivity contribution in [2.45, 2.75) is 24.4 Å². The Balaban J connectivity index is 1.67. The minimum absolute atomic E-state index is 0.111. The van der Waals surface area contributed by atoms with Crippen molar-refractivity contribution in [3.05, 3.63) is 17.7 Å². The van der Waals surface area contributed by atoms with Crippen molar-refractivity contribution in [3.8, 4) is 11.5 Å². The molecular formula is C18H22ClN3O4. The van der Waals surface area contributed by atoms with E-state index in [9.17, 15) is 9.59 Å². The van der Waals surface area contributed by atoms with Crippen LogP contribution in [0.25, 0.3) is 0 Å². The third kappa shape index (κ3) is 2.79. The van der Waals surface area contributed by atoms with Crippen LogP contribution < -0.4 is 19.7 Å². The number of benzene rings is 1. The highest BCUT2D eigenvalue weighted by molar-refractivity contribution is 6.32. The molecule has 8 heteroatoms. The topological polar surface area (TPSA) is 71.1 Å². The third-order valence-corrected chi connectivity index (χ3v) is 5.90. The number of hydrogen-bond acceptors (Lipinski definition) is 5. The summed E-state index contributed by atoms with van der Waals surface area (Å²) in [5, 5.41) is 3.15. The SMILES string of the molecule is COc1ccc2c(c1C(=O)NC1CN3CCC1CC3)OC(Cl)C(=O)N2C. The van der Waals surface area contributed by atoms with Crippen molar-refractivity contribution >= 4 is 29.1 Å². The Morgan fingerprint density at radius 3 is 2.69 bits per heavy atom. The average Bonchev–Trinajstić information content (AvgIpc) is 2.66. The van der Waals surface area contributed by atoms with Crippen LogP contribution in [0.3, 0.4) is 0 Å². The zero-order chi connectivity index (χ0) is 18.4. The molecule has 0 saturated carbocycles. The number of likely N-dealkylation sites (N-methyl/N-ethyl adjacent to an activating group) is 1. The number of amides is 2. The number of piperidine rings is 3. The molecule has 2 atom stereocenters. The molecule has 1 N–H and O–H groups in total. The lowest BCUT2D eigenvalue weighted by atomic mass is 9.84. The van der Waals surface area contributed by atoms with Crippen LogP contribution >= 0.6 is 11.6 Å². The minimum atomic E-state index is -1.16. The Morgan fingerprint density at radius 1 is 1.35 bits per heavy atom. The van der Waals surface area contributed by atoms with Gasteiger partial charge in [0.15, 0.2) is 5.75 Å². The number of nitrogens with zero attached hydrogens (tertiary/aromatic N) is 2. The van der Waals surface area contributed by atoms with Gasteiger partial charge in [-0.25, -0.2) is 0 Å². The molecule has 140 valence electrons. The number of rotatable bonds is 3. The first kappa shape index (κ1) is 17.4. The predicted molar refractivity (Wildman–Crippen MR) is 97.1 cm³/mol. The Hall–Kier alpha value is -1.99. The van der Waals surface area contributed by atoms with Crippen LogP contribution in [0.4, 0.5) is 5.69 Å². The first-order valence-electron chi connectivity index (χ1n) is 8.82. The summed E-state index contributed by atoms with van der Waals surface area (Å²) in [7, 11) is 3.11. The highest BCUT2D eigenvalue weighted by Crippen LogP contribution is 2.42. The first-order valence-corrected chi connectivity index (χ1v) is 9.25. The zero-order valence-corrected chi connectivity index (χ0v) is 15.6. The van der Waals surface area contributed by atoms with Gasteiger partial charge in [-0.05, 0) is 44.0 Å². The Morgan fingerprint density at radius 2 is 2.08 bits per heavy atom. The van der Waals surface area contributed by atoms with Gasteiger partial charge in [0.05, 0.1) is 12.8 Å². The lowest BCUT2D eigenvalue weighted by molar-refractivity contribution is -0.122. The maximum absolute atomic E-state index is 13.1. The number of carbonyl (C=O) groups excluding carboxylic acids is 2. The fourth-order valence-electron chi connectivity index (χ4n) is 4.12. The van der Waals surface area contributed by atoms with Crippen LogP contribution in [0, 0.1) is 5.92 Å². The zero-order valence-electron chi connectivity index (χ0n) is 14.8. The van der Waals surface area contributed by atoms with E-state index in [0.29, 0.717) is 17.4 Å². The highest BCUT2D eigenvalue weighted by atomic mass is 35.5. The number of ether oxygens (including phenoxy) is 2. The molecule has 5 rings (SSSR count). The number of carbonyl (C=O) groups is 2. The van der Waals surface area contributed by atoms with Crippen molar-refractivity contribution in [2.24, 2.45) is 5.92 Å². The molecule has 4 aliphatic heterocycles. The summed E-state index contributed by atoms with van der Waals surface area (Å²) >= 11 is 6.01. The molecule has 26 heavy (non-hydrogen) atoms. The number of halogens is 1. The van der Waals surface area contributed by atoms with E-state index in [2.05, 4.69) is 10.2 Å². The van der Waals surface area contributed by atoms with Crippen LogP contribution in [0.1, 0.15) is 23.2 Å². The minimum Gasteiger partial charge on any atom is -0.496 e. The second-order valence-corrected chi connectivity index (χ2v) is 7.44. The number of anilines is 1. The average molecular weight is 380 g/mol. The van der Waals surface area contributed by atoms with E-state index in [1.54, 1.807) is 19.2 Å². The Bertz CT molecular complexity index is 748. The Labute approximate surface area is 157 Å². The molecule has 0 aliphatic carbocycles. The van der Waals surface area contributed by atoms with Crippen LogP contribution in [0.5, 0.6) is 11.5 Å². The summed E-state index contributed by atoms with van der Waals surface area (Å²) in [6.07, 6.45) is 2.21. The van der Waals surface area contributed by atoms with Crippen LogP contribution in [-0.4, -0.2) is 62.1 Å². The quantitative estimate of drug-likeness (QED) is 0.805. The molecule has 3 saturated heterocycles. The smallest absolute Gasteiger partial charge is 0.283 e. The van der Waals surface area contributed by atoms with Gasteiger partial charge in [0, 0.05) is 19.6 Å². The van der Waals surface area contributed by atoms with Gasteiger partial charge in [-0.1, -0.05) is 11.6 Å². The molecule has 7 nitrogen and oxygen atoms in total. The maximum atomic E-state index is 13.1. The van der Waals surface area contributed by atoms with Gasteiger partial charge in [0.2, 0.25) is 0 Å². The van der Waals surface area contributed by atoms with Crippen LogP contribution in [0.15, 0.2) is 12.1 Å². The van der Waals surface area contributed by atoms with E-state index >= 15 is 0 Å². The summed E-state index contributed by atoms with van der Waals surface area (Å²) in [5.41, 5.74) is -0.374.